The first-order valence-corrected chi connectivity index (χ1v) is 13.4. The standard InChI is InChI=1S/C30H36N4O/c1-3-8-23(9-4-1)20-27-29(35-30(32-27)21-24-10-5-2-6-11-24)22-33-16-18-34(19-17-33)28-13-7-12-26-25(28)14-15-31-26/h1,3-4,7-9,12-15,24,31H,2,5-6,10-11,16-22H2. The van der Waals surface area contributed by atoms with Gasteiger partial charge in [-0.25, -0.2) is 4.98 Å². The summed E-state index contributed by atoms with van der Waals surface area (Å²) in [6.07, 6.45) is 10.6. The van der Waals surface area contributed by atoms with E-state index in [9.17, 15) is 0 Å². The molecule has 0 amide bonds. The van der Waals surface area contributed by atoms with E-state index in [0.717, 1.165) is 68.8 Å². The molecule has 1 saturated carbocycles. The second-order valence-electron chi connectivity index (χ2n) is 10.3. The van der Waals surface area contributed by atoms with Crippen molar-refractivity contribution in [2.45, 2.75) is 51.5 Å². The lowest BCUT2D eigenvalue weighted by atomic mass is 9.87. The number of H-pyrrole nitrogens is 1. The van der Waals surface area contributed by atoms with Gasteiger partial charge in [-0.1, -0.05) is 55.7 Å². The molecule has 5 nitrogen and oxygen atoms in total. The molecule has 0 spiro atoms. The van der Waals surface area contributed by atoms with Gasteiger partial charge in [0.2, 0.25) is 0 Å². The van der Waals surface area contributed by atoms with E-state index in [4.69, 9.17) is 9.40 Å². The summed E-state index contributed by atoms with van der Waals surface area (Å²) in [4.78, 5) is 13.4. The van der Waals surface area contributed by atoms with Crippen LogP contribution < -0.4 is 4.90 Å². The number of aromatic nitrogens is 2. The highest BCUT2D eigenvalue weighted by Crippen LogP contribution is 2.29. The van der Waals surface area contributed by atoms with Crippen LogP contribution in [0, 0.1) is 5.92 Å². The first kappa shape index (κ1) is 22.4. The molecule has 5 heteroatoms. The van der Waals surface area contributed by atoms with Gasteiger partial charge >= 0.3 is 0 Å². The molecule has 2 aliphatic rings. The predicted molar refractivity (Wildman–Crippen MR) is 142 cm³/mol. The van der Waals surface area contributed by atoms with Crippen molar-refractivity contribution in [1.29, 1.82) is 0 Å². The molecule has 0 unspecified atom stereocenters. The van der Waals surface area contributed by atoms with E-state index in [1.807, 2.05) is 6.20 Å². The molecule has 2 aromatic carbocycles. The predicted octanol–water partition coefficient (Wildman–Crippen LogP) is 6.19. The second kappa shape index (κ2) is 10.3. The lowest BCUT2D eigenvalue weighted by Gasteiger charge is -2.36. The molecule has 0 radical (unpaired) electrons. The zero-order chi connectivity index (χ0) is 23.5. The van der Waals surface area contributed by atoms with Gasteiger partial charge in [0.25, 0.3) is 0 Å². The van der Waals surface area contributed by atoms with Crippen LogP contribution in [0.5, 0.6) is 0 Å². The summed E-state index contributed by atoms with van der Waals surface area (Å²) in [5, 5.41) is 1.31. The summed E-state index contributed by atoms with van der Waals surface area (Å²) >= 11 is 0. The van der Waals surface area contributed by atoms with Gasteiger partial charge in [-0.3, -0.25) is 4.90 Å². The Balaban J connectivity index is 1.15. The first-order valence-electron chi connectivity index (χ1n) is 13.4. The fraction of sp³-hybridized carbons (Fsp3) is 0.433. The maximum atomic E-state index is 6.48. The SMILES string of the molecule is c1ccc(Cc2nc(CC3CCCCC3)oc2CN2CCN(c3cccc4[nH]ccc34)CC2)cc1. The number of benzene rings is 2. The largest absolute Gasteiger partial charge is 0.444 e. The number of hydrogen-bond acceptors (Lipinski definition) is 4. The van der Waals surface area contributed by atoms with Gasteiger partial charge in [0.05, 0.1) is 12.2 Å². The van der Waals surface area contributed by atoms with Gasteiger partial charge in [0.15, 0.2) is 5.89 Å². The molecule has 1 N–H and O–H groups in total. The molecule has 1 aliphatic carbocycles. The summed E-state index contributed by atoms with van der Waals surface area (Å²) in [6, 6.07) is 19.4. The fourth-order valence-corrected chi connectivity index (χ4v) is 5.91. The molecular formula is C30H36N4O. The van der Waals surface area contributed by atoms with Crippen LogP contribution >= 0.6 is 0 Å². The Morgan fingerprint density at radius 2 is 1.71 bits per heavy atom. The van der Waals surface area contributed by atoms with Crippen molar-refractivity contribution in [3.8, 4) is 0 Å². The van der Waals surface area contributed by atoms with Gasteiger partial charge in [0, 0.05) is 61.8 Å². The molecule has 2 aromatic heterocycles. The fourth-order valence-electron chi connectivity index (χ4n) is 5.91. The topological polar surface area (TPSA) is 48.3 Å². The van der Waals surface area contributed by atoms with Crippen LogP contribution in [0.25, 0.3) is 10.9 Å². The summed E-state index contributed by atoms with van der Waals surface area (Å²) in [5.74, 6) is 2.76. The van der Waals surface area contributed by atoms with Crippen molar-refractivity contribution in [2.24, 2.45) is 5.92 Å². The molecule has 4 aromatic rings. The van der Waals surface area contributed by atoms with Crippen molar-refractivity contribution in [2.75, 3.05) is 31.1 Å². The van der Waals surface area contributed by atoms with Crippen molar-refractivity contribution in [3.63, 3.8) is 0 Å². The van der Waals surface area contributed by atoms with E-state index >= 15 is 0 Å². The number of nitrogens with one attached hydrogen (secondary N) is 1. The van der Waals surface area contributed by atoms with Crippen molar-refractivity contribution in [1.82, 2.24) is 14.9 Å². The van der Waals surface area contributed by atoms with Crippen LogP contribution in [0.2, 0.25) is 0 Å². The Hall–Kier alpha value is -3.05. The molecule has 1 aliphatic heterocycles. The minimum absolute atomic E-state index is 0.736. The monoisotopic (exact) mass is 468 g/mol. The van der Waals surface area contributed by atoms with Crippen molar-refractivity contribution >= 4 is 16.6 Å². The number of anilines is 1. The number of fused-ring (bicyclic) bond motifs is 1. The Labute approximate surface area is 208 Å². The molecule has 6 rings (SSSR count). The van der Waals surface area contributed by atoms with E-state index in [0.29, 0.717) is 0 Å². The quantitative estimate of drug-likeness (QED) is 0.351. The molecule has 1 saturated heterocycles. The lowest BCUT2D eigenvalue weighted by Crippen LogP contribution is -2.46. The number of aromatic amines is 1. The lowest BCUT2D eigenvalue weighted by molar-refractivity contribution is 0.225. The third-order valence-electron chi connectivity index (χ3n) is 7.88. The van der Waals surface area contributed by atoms with Crippen LogP contribution in [0.15, 0.2) is 65.2 Å². The first-order chi connectivity index (χ1) is 17.3. The highest BCUT2D eigenvalue weighted by Gasteiger charge is 2.24. The van der Waals surface area contributed by atoms with Crippen LogP contribution in [0.1, 0.15) is 55.0 Å². The molecule has 2 fully saturated rings. The van der Waals surface area contributed by atoms with E-state index in [-0.39, 0.29) is 0 Å². The molecule has 0 bridgehead atoms. The van der Waals surface area contributed by atoms with E-state index in [1.54, 1.807) is 0 Å². The Morgan fingerprint density at radius 1 is 0.886 bits per heavy atom. The van der Waals surface area contributed by atoms with E-state index in [2.05, 4.69) is 69.4 Å². The maximum absolute atomic E-state index is 6.48. The molecule has 182 valence electrons. The van der Waals surface area contributed by atoms with Gasteiger partial charge in [-0.05, 0) is 42.5 Å². The van der Waals surface area contributed by atoms with Crippen molar-refractivity contribution in [3.05, 3.63) is 83.7 Å². The smallest absolute Gasteiger partial charge is 0.194 e. The summed E-state index contributed by atoms with van der Waals surface area (Å²) < 4.78 is 6.48. The average Bonchev–Trinajstić information content (AvgIpc) is 3.53. The van der Waals surface area contributed by atoms with Gasteiger partial charge in [-0.2, -0.15) is 0 Å². The van der Waals surface area contributed by atoms with Gasteiger partial charge in [0.1, 0.15) is 5.76 Å². The summed E-state index contributed by atoms with van der Waals surface area (Å²) in [5.41, 5.74) is 4.97. The van der Waals surface area contributed by atoms with Gasteiger partial charge < -0.3 is 14.3 Å². The highest BCUT2D eigenvalue weighted by atomic mass is 16.4. The van der Waals surface area contributed by atoms with E-state index < -0.39 is 0 Å². The Morgan fingerprint density at radius 3 is 2.54 bits per heavy atom. The zero-order valence-electron chi connectivity index (χ0n) is 20.6. The minimum atomic E-state index is 0.736. The number of oxazole rings is 1. The summed E-state index contributed by atoms with van der Waals surface area (Å²) in [7, 11) is 0. The average molecular weight is 469 g/mol. The molecule has 0 atom stereocenters. The summed E-state index contributed by atoms with van der Waals surface area (Å²) in [6.45, 7) is 4.97. The molecular weight excluding hydrogens is 432 g/mol. The Kier molecular flexibility index (Phi) is 6.59. The zero-order valence-corrected chi connectivity index (χ0v) is 20.6. The number of piperazine rings is 1. The van der Waals surface area contributed by atoms with Crippen LogP contribution in [-0.4, -0.2) is 41.0 Å². The van der Waals surface area contributed by atoms with Gasteiger partial charge in [-0.15, -0.1) is 0 Å². The number of rotatable bonds is 7. The van der Waals surface area contributed by atoms with Crippen LogP contribution in [0.3, 0.4) is 0 Å². The normalized spacial score (nSPS) is 17.9. The van der Waals surface area contributed by atoms with Crippen LogP contribution in [-0.2, 0) is 19.4 Å². The Bertz CT molecular complexity index is 1230. The maximum Gasteiger partial charge on any atom is 0.194 e. The van der Waals surface area contributed by atoms with Crippen LogP contribution in [0.4, 0.5) is 5.69 Å². The van der Waals surface area contributed by atoms with E-state index in [1.165, 1.54) is 54.3 Å². The third kappa shape index (κ3) is 5.15. The minimum Gasteiger partial charge on any atom is -0.444 e. The highest BCUT2D eigenvalue weighted by molar-refractivity contribution is 5.92. The van der Waals surface area contributed by atoms with Crippen molar-refractivity contribution < 1.29 is 4.42 Å². The second-order valence-corrected chi connectivity index (χ2v) is 10.3. The molecule has 3 heterocycles. The number of hydrogen-bond donors (Lipinski definition) is 1. The number of nitrogens with zero attached hydrogens (tertiary/aromatic N) is 3. The third-order valence-corrected chi connectivity index (χ3v) is 7.88. The molecule has 35 heavy (non-hydrogen) atoms.